The van der Waals surface area contributed by atoms with Crippen LogP contribution in [0.25, 0.3) is 0 Å². The highest BCUT2D eigenvalue weighted by molar-refractivity contribution is 7.80. The number of nitrogens with zero attached hydrogens (tertiary/aromatic N) is 1. The van der Waals surface area contributed by atoms with Crippen molar-refractivity contribution in [3.63, 3.8) is 0 Å². The number of amides is 2. The molecule has 0 unspecified atom stereocenters. The SMILES string of the molecule is NC(=O)CN(C(=O)CC1(CS)CC1)C1CCCC1. The van der Waals surface area contributed by atoms with Crippen molar-refractivity contribution in [2.75, 3.05) is 12.3 Å². The van der Waals surface area contributed by atoms with Gasteiger partial charge in [-0.1, -0.05) is 12.8 Å². The van der Waals surface area contributed by atoms with Crippen molar-refractivity contribution in [3.8, 4) is 0 Å². The second kappa shape index (κ2) is 5.51. The number of carbonyl (C=O) groups is 2. The average molecular weight is 270 g/mol. The van der Waals surface area contributed by atoms with Crippen molar-refractivity contribution in [1.29, 1.82) is 0 Å². The highest BCUT2D eigenvalue weighted by Crippen LogP contribution is 2.50. The predicted molar refractivity (Wildman–Crippen MR) is 73.3 cm³/mol. The molecule has 18 heavy (non-hydrogen) atoms. The average Bonchev–Trinajstić information content (AvgIpc) is 2.90. The third-order valence-electron chi connectivity index (χ3n) is 4.23. The lowest BCUT2D eigenvalue weighted by Gasteiger charge is -2.29. The number of hydrogen-bond donors (Lipinski definition) is 2. The summed E-state index contributed by atoms with van der Waals surface area (Å²) in [6, 6.07) is 0.223. The van der Waals surface area contributed by atoms with E-state index in [9.17, 15) is 9.59 Å². The highest BCUT2D eigenvalue weighted by atomic mass is 32.1. The van der Waals surface area contributed by atoms with Crippen molar-refractivity contribution in [2.24, 2.45) is 11.1 Å². The first kappa shape index (κ1) is 13.7. The van der Waals surface area contributed by atoms with Gasteiger partial charge in [0.15, 0.2) is 0 Å². The van der Waals surface area contributed by atoms with Crippen LogP contribution in [0.4, 0.5) is 0 Å². The number of thiol groups is 1. The van der Waals surface area contributed by atoms with Crippen molar-refractivity contribution >= 4 is 24.4 Å². The Labute approximate surface area is 114 Å². The molecule has 0 aromatic carbocycles. The van der Waals surface area contributed by atoms with Gasteiger partial charge in [0.2, 0.25) is 11.8 Å². The largest absolute Gasteiger partial charge is 0.368 e. The van der Waals surface area contributed by atoms with Crippen LogP contribution in [0.5, 0.6) is 0 Å². The van der Waals surface area contributed by atoms with Crippen LogP contribution >= 0.6 is 12.6 Å². The van der Waals surface area contributed by atoms with Gasteiger partial charge in [0.1, 0.15) is 0 Å². The van der Waals surface area contributed by atoms with Gasteiger partial charge < -0.3 is 10.6 Å². The van der Waals surface area contributed by atoms with E-state index in [0.29, 0.717) is 6.42 Å². The topological polar surface area (TPSA) is 63.4 Å². The molecule has 2 aliphatic rings. The molecule has 102 valence electrons. The smallest absolute Gasteiger partial charge is 0.237 e. The van der Waals surface area contributed by atoms with Crippen LogP contribution in [0.3, 0.4) is 0 Å². The van der Waals surface area contributed by atoms with E-state index >= 15 is 0 Å². The first-order chi connectivity index (χ1) is 8.56. The Bertz CT molecular complexity index is 336. The van der Waals surface area contributed by atoms with Gasteiger partial charge in [-0.15, -0.1) is 0 Å². The van der Waals surface area contributed by atoms with Gasteiger partial charge >= 0.3 is 0 Å². The summed E-state index contributed by atoms with van der Waals surface area (Å²) in [6.07, 6.45) is 6.99. The Morgan fingerprint density at radius 2 is 1.89 bits per heavy atom. The molecule has 4 nitrogen and oxygen atoms in total. The van der Waals surface area contributed by atoms with Gasteiger partial charge in [-0.05, 0) is 36.9 Å². The zero-order valence-electron chi connectivity index (χ0n) is 10.7. The first-order valence-corrected chi connectivity index (χ1v) is 7.38. The van der Waals surface area contributed by atoms with E-state index in [1.54, 1.807) is 4.90 Å². The van der Waals surface area contributed by atoms with Gasteiger partial charge in [0.05, 0.1) is 6.54 Å². The molecular formula is C13H22N2O2S. The standard InChI is InChI=1S/C13H22N2O2S/c14-11(16)8-15(10-3-1-2-4-10)12(17)7-13(9-18)5-6-13/h10,18H,1-9H2,(H2,14,16). The Hall–Kier alpha value is -0.710. The van der Waals surface area contributed by atoms with Gasteiger partial charge in [-0.2, -0.15) is 12.6 Å². The minimum absolute atomic E-state index is 0.0755. The summed E-state index contributed by atoms with van der Waals surface area (Å²) in [5.41, 5.74) is 5.37. The van der Waals surface area contributed by atoms with Crippen molar-refractivity contribution in [3.05, 3.63) is 0 Å². The summed E-state index contributed by atoms with van der Waals surface area (Å²) in [5.74, 6) is 0.437. The minimum atomic E-state index is -0.411. The Morgan fingerprint density at radius 1 is 1.28 bits per heavy atom. The van der Waals surface area contributed by atoms with E-state index in [1.165, 1.54) is 0 Å². The second-order valence-electron chi connectivity index (χ2n) is 5.76. The van der Waals surface area contributed by atoms with E-state index in [2.05, 4.69) is 12.6 Å². The van der Waals surface area contributed by atoms with Crippen LogP contribution in [0.1, 0.15) is 44.9 Å². The monoisotopic (exact) mass is 270 g/mol. The maximum Gasteiger partial charge on any atom is 0.237 e. The molecule has 0 aliphatic heterocycles. The van der Waals surface area contributed by atoms with E-state index < -0.39 is 5.91 Å². The summed E-state index contributed by atoms with van der Waals surface area (Å²) in [5, 5.41) is 0. The Kier molecular flexibility index (Phi) is 4.20. The molecule has 0 bridgehead atoms. The fourth-order valence-electron chi connectivity index (χ4n) is 2.79. The lowest BCUT2D eigenvalue weighted by Crippen LogP contribution is -2.45. The molecular weight excluding hydrogens is 248 g/mol. The predicted octanol–water partition coefficient (Wildman–Crippen LogP) is 1.34. The molecule has 0 aromatic rings. The fraction of sp³-hybridized carbons (Fsp3) is 0.846. The molecule has 2 rings (SSSR count). The maximum absolute atomic E-state index is 12.4. The molecule has 0 aromatic heterocycles. The van der Waals surface area contributed by atoms with Crippen LogP contribution < -0.4 is 5.73 Å². The van der Waals surface area contributed by atoms with Crippen molar-refractivity contribution in [1.82, 2.24) is 4.90 Å². The molecule has 2 fully saturated rings. The fourth-order valence-corrected chi connectivity index (χ4v) is 3.22. The number of nitrogens with two attached hydrogens (primary N) is 1. The first-order valence-electron chi connectivity index (χ1n) is 6.75. The molecule has 2 amide bonds. The summed E-state index contributed by atoms with van der Waals surface area (Å²) in [4.78, 5) is 25.2. The Balaban J connectivity index is 1.98. The highest BCUT2D eigenvalue weighted by Gasteiger charge is 2.44. The molecule has 0 spiro atoms. The zero-order chi connectivity index (χ0) is 13.2. The van der Waals surface area contributed by atoms with E-state index in [-0.39, 0.29) is 23.9 Å². The Morgan fingerprint density at radius 3 is 2.33 bits per heavy atom. The second-order valence-corrected chi connectivity index (χ2v) is 6.08. The molecule has 0 atom stereocenters. The van der Waals surface area contributed by atoms with Crippen LogP contribution in [0.2, 0.25) is 0 Å². The molecule has 2 saturated carbocycles. The van der Waals surface area contributed by atoms with E-state index in [1.807, 2.05) is 0 Å². The van der Waals surface area contributed by atoms with Crippen LogP contribution in [0, 0.1) is 5.41 Å². The maximum atomic E-state index is 12.4. The van der Waals surface area contributed by atoms with Gasteiger partial charge in [-0.25, -0.2) is 0 Å². The normalized spacial score (nSPS) is 21.8. The number of hydrogen-bond acceptors (Lipinski definition) is 3. The molecule has 5 heteroatoms. The molecule has 0 radical (unpaired) electrons. The molecule has 0 saturated heterocycles. The van der Waals surface area contributed by atoms with Crippen LogP contribution in [-0.2, 0) is 9.59 Å². The quantitative estimate of drug-likeness (QED) is 0.716. The van der Waals surface area contributed by atoms with Gasteiger partial charge in [0, 0.05) is 12.5 Å². The minimum Gasteiger partial charge on any atom is -0.368 e. The lowest BCUT2D eigenvalue weighted by molar-refractivity contribution is -0.138. The van der Waals surface area contributed by atoms with Gasteiger partial charge in [-0.3, -0.25) is 9.59 Å². The summed E-state index contributed by atoms with van der Waals surface area (Å²) >= 11 is 4.32. The molecule has 2 N–H and O–H groups in total. The van der Waals surface area contributed by atoms with Crippen LogP contribution in [0.15, 0.2) is 0 Å². The van der Waals surface area contributed by atoms with Crippen LogP contribution in [-0.4, -0.2) is 35.1 Å². The molecule has 2 aliphatic carbocycles. The third kappa shape index (κ3) is 3.19. The van der Waals surface area contributed by atoms with E-state index in [4.69, 9.17) is 5.73 Å². The lowest BCUT2D eigenvalue weighted by atomic mass is 10.0. The zero-order valence-corrected chi connectivity index (χ0v) is 11.6. The third-order valence-corrected chi connectivity index (χ3v) is 4.90. The summed E-state index contributed by atoms with van der Waals surface area (Å²) in [6.45, 7) is 0.0755. The summed E-state index contributed by atoms with van der Waals surface area (Å²) < 4.78 is 0. The number of primary amides is 1. The van der Waals surface area contributed by atoms with Crippen molar-refractivity contribution < 1.29 is 9.59 Å². The number of rotatable bonds is 6. The van der Waals surface area contributed by atoms with Crippen molar-refractivity contribution in [2.45, 2.75) is 51.0 Å². The van der Waals surface area contributed by atoms with Gasteiger partial charge in [0.25, 0.3) is 0 Å². The van der Waals surface area contributed by atoms with E-state index in [0.717, 1.165) is 44.3 Å². The molecule has 0 heterocycles. The number of carbonyl (C=O) groups excluding carboxylic acids is 2. The summed E-state index contributed by atoms with van der Waals surface area (Å²) in [7, 11) is 0.